The molecule has 0 aromatic carbocycles. The first kappa shape index (κ1) is 13.2. The monoisotopic (exact) mass is 245 g/mol. The maximum absolute atomic E-state index is 8.98. The second-order valence-corrected chi connectivity index (χ2v) is 3.69. The van der Waals surface area contributed by atoms with Crippen LogP contribution in [0.25, 0.3) is 0 Å². The fourth-order valence-electron chi connectivity index (χ4n) is 1.34. The lowest BCUT2D eigenvalue weighted by Gasteiger charge is -2.22. The standard InChI is InChI=1S/C10H16ClN3O2/c1-8-12-9(11)7-10(13-8)14(3-5-15)4-6-16-2/h7,15H,3-6H2,1-2H3. The van der Waals surface area contributed by atoms with Crippen molar-refractivity contribution in [3.05, 3.63) is 17.0 Å². The first-order chi connectivity index (χ1) is 7.67. The maximum atomic E-state index is 8.98. The molecular formula is C10H16ClN3O2. The van der Waals surface area contributed by atoms with Crippen molar-refractivity contribution in [2.45, 2.75) is 6.92 Å². The Labute approximate surface area is 100 Å². The van der Waals surface area contributed by atoms with Crippen LogP contribution in [0.3, 0.4) is 0 Å². The molecule has 1 N–H and O–H groups in total. The molecule has 0 aliphatic carbocycles. The molecule has 0 aliphatic rings. The summed E-state index contributed by atoms with van der Waals surface area (Å²) in [4.78, 5) is 10.2. The summed E-state index contributed by atoms with van der Waals surface area (Å²) in [6, 6.07) is 1.68. The van der Waals surface area contributed by atoms with Gasteiger partial charge in [0.05, 0.1) is 13.2 Å². The molecule has 5 nitrogen and oxygen atoms in total. The predicted molar refractivity (Wildman–Crippen MR) is 63.0 cm³/mol. The molecule has 0 fully saturated rings. The van der Waals surface area contributed by atoms with Crippen molar-refractivity contribution in [2.75, 3.05) is 38.3 Å². The minimum Gasteiger partial charge on any atom is -0.395 e. The highest BCUT2D eigenvalue weighted by atomic mass is 35.5. The number of hydrogen-bond donors (Lipinski definition) is 1. The normalized spacial score (nSPS) is 10.5. The molecule has 0 atom stereocenters. The van der Waals surface area contributed by atoms with Crippen molar-refractivity contribution in [2.24, 2.45) is 0 Å². The van der Waals surface area contributed by atoms with Gasteiger partial charge in [-0.15, -0.1) is 0 Å². The Balaban J connectivity index is 2.82. The molecule has 1 aromatic rings. The van der Waals surface area contributed by atoms with Crippen LogP contribution in [0, 0.1) is 6.92 Å². The van der Waals surface area contributed by atoms with Crippen molar-refractivity contribution < 1.29 is 9.84 Å². The molecular weight excluding hydrogens is 230 g/mol. The van der Waals surface area contributed by atoms with E-state index in [0.29, 0.717) is 36.5 Å². The van der Waals surface area contributed by atoms with E-state index in [4.69, 9.17) is 21.4 Å². The predicted octanol–water partition coefficient (Wildman–Crippen LogP) is 0.884. The number of ether oxygens (including phenoxy) is 1. The summed E-state index contributed by atoms with van der Waals surface area (Å²) in [7, 11) is 1.63. The topological polar surface area (TPSA) is 58.5 Å². The Morgan fingerprint density at radius 3 is 2.75 bits per heavy atom. The van der Waals surface area contributed by atoms with Crippen LogP contribution in [0.15, 0.2) is 6.07 Å². The van der Waals surface area contributed by atoms with Gasteiger partial charge in [-0.25, -0.2) is 9.97 Å². The van der Waals surface area contributed by atoms with Crippen molar-refractivity contribution in [3.63, 3.8) is 0 Å². The number of aliphatic hydroxyl groups excluding tert-OH is 1. The van der Waals surface area contributed by atoms with Crippen molar-refractivity contribution in [3.8, 4) is 0 Å². The molecule has 16 heavy (non-hydrogen) atoms. The zero-order chi connectivity index (χ0) is 12.0. The summed E-state index contributed by atoms with van der Waals surface area (Å²) in [5.74, 6) is 1.33. The van der Waals surface area contributed by atoms with Crippen LogP contribution in [0.5, 0.6) is 0 Å². The lowest BCUT2D eigenvalue weighted by molar-refractivity contribution is 0.202. The van der Waals surface area contributed by atoms with E-state index in [2.05, 4.69) is 9.97 Å². The van der Waals surface area contributed by atoms with Crippen LogP contribution in [-0.2, 0) is 4.74 Å². The van der Waals surface area contributed by atoms with Gasteiger partial charge < -0.3 is 14.7 Å². The molecule has 0 bridgehead atoms. The SMILES string of the molecule is COCCN(CCO)c1cc(Cl)nc(C)n1. The van der Waals surface area contributed by atoms with E-state index in [1.54, 1.807) is 20.1 Å². The molecule has 1 aromatic heterocycles. The van der Waals surface area contributed by atoms with Gasteiger partial charge >= 0.3 is 0 Å². The zero-order valence-electron chi connectivity index (χ0n) is 9.48. The largest absolute Gasteiger partial charge is 0.395 e. The van der Waals surface area contributed by atoms with Gasteiger partial charge in [0.1, 0.15) is 16.8 Å². The molecule has 90 valence electrons. The molecule has 6 heteroatoms. The van der Waals surface area contributed by atoms with Gasteiger partial charge in [0.15, 0.2) is 0 Å². The van der Waals surface area contributed by atoms with E-state index in [-0.39, 0.29) is 6.61 Å². The summed E-state index contributed by atoms with van der Waals surface area (Å²) in [5.41, 5.74) is 0. The maximum Gasteiger partial charge on any atom is 0.134 e. The minimum atomic E-state index is 0.0599. The van der Waals surface area contributed by atoms with E-state index in [1.807, 2.05) is 4.90 Å². The van der Waals surface area contributed by atoms with E-state index >= 15 is 0 Å². The van der Waals surface area contributed by atoms with Gasteiger partial charge in [-0.1, -0.05) is 11.6 Å². The lowest BCUT2D eigenvalue weighted by Crippen LogP contribution is -2.31. The third kappa shape index (κ3) is 3.92. The Hall–Kier alpha value is -0.910. The third-order valence-corrected chi connectivity index (χ3v) is 2.25. The molecule has 0 amide bonds. The highest BCUT2D eigenvalue weighted by molar-refractivity contribution is 6.29. The number of nitrogens with zero attached hydrogens (tertiary/aromatic N) is 3. The zero-order valence-corrected chi connectivity index (χ0v) is 10.2. The number of methoxy groups -OCH3 is 1. The van der Waals surface area contributed by atoms with Crippen LogP contribution in [0.4, 0.5) is 5.82 Å². The summed E-state index contributed by atoms with van der Waals surface area (Å²) in [6.45, 7) is 3.56. The lowest BCUT2D eigenvalue weighted by atomic mass is 10.4. The van der Waals surface area contributed by atoms with Gasteiger partial charge in [-0.05, 0) is 6.92 Å². The average molecular weight is 246 g/mol. The van der Waals surface area contributed by atoms with Crippen molar-refractivity contribution in [1.29, 1.82) is 0 Å². The molecule has 0 aliphatic heterocycles. The van der Waals surface area contributed by atoms with E-state index in [9.17, 15) is 0 Å². The first-order valence-electron chi connectivity index (χ1n) is 5.03. The number of rotatable bonds is 6. The van der Waals surface area contributed by atoms with Crippen molar-refractivity contribution >= 4 is 17.4 Å². The van der Waals surface area contributed by atoms with Crippen LogP contribution in [-0.4, -0.2) is 48.5 Å². The fraction of sp³-hybridized carbons (Fsp3) is 0.600. The Morgan fingerprint density at radius 1 is 1.44 bits per heavy atom. The van der Waals surface area contributed by atoms with Crippen molar-refractivity contribution in [1.82, 2.24) is 9.97 Å². The molecule has 0 spiro atoms. The Bertz CT molecular complexity index is 316. The quantitative estimate of drug-likeness (QED) is 0.754. The van der Waals surface area contributed by atoms with E-state index in [0.717, 1.165) is 0 Å². The molecule has 0 unspecified atom stereocenters. The number of aliphatic hydroxyl groups is 1. The van der Waals surface area contributed by atoms with Crippen LogP contribution >= 0.6 is 11.6 Å². The molecule has 0 radical (unpaired) electrons. The smallest absolute Gasteiger partial charge is 0.134 e. The van der Waals surface area contributed by atoms with Gasteiger partial charge in [-0.3, -0.25) is 0 Å². The average Bonchev–Trinajstić information content (AvgIpc) is 2.22. The second kappa shape index (κ2) is 6.62. The molecule has 1 heterocycles. The summed E-state index contributed by atoms with van der Waals surface area (Å²) in [5, 5.41) is 9.38. The van der Waals surface area contributed by atoms with Gasteiger partial charge in [0.2, 0.25) is 0 Å². The van der Waals surface area contributed by atoms with E-state index in [1.165, 1.54) is 0 Å². The summed E-state index contributed by atoms with van der Waals surface area (Å²) in [6.07, 6.45) is 0. The summed E-state index contributed by atoms with van der Waals surface area (Å²) >= 11 is 5.86. The Morgan fingerprint density at radius 2 is 2.19 bits per heavy atom. The van der Waals surface area contributed by atoms with Gasteiger partial charge in [0.25, 0.3) is 0 Å². The van der Waals surface area contributed by atoms with Crippen LogP contribution in [0.2, 0.25) is 5.15 Å². The number of aryl methyl sites for hydroxylation is 1. The fourth-order valence-corrected chi connectivity index (χ4v) is 1.56. The minimum absolute atomic E-state index is 0.0599. The number of aromatic nitrogens is 2. The van der Waals surface area contributed by atoms with E-state index < -0.39 is 0 Å². The van der Waals surface area contributed by atoms with Gasteiger partial charge in [-0.2, -0.15) is 0 Å². The molecule has 0 saturated heterocycles. The summed E-state index contributed by atoms with van der Waals surface area (Å²) < 4.78 is 5.00. The molecule has 1 rings (SSSR count). The van der Waals surface area contributed by atoms with Gasteiger partial charge in [0, 0.05) is 26.3 Å². The highest BCUT2D eigenvalue weighted by Gasteiger charge is 2.09. The van der Waals surface area contributed by atoms with Crippen LogP contribution in [0.1, 0.15) is 5.82 Å². The van der Waals surface area contributed by atoms with Crippen LogP contribution < -0.4 is 4.90 Å². The number of hydrogen-bond acceptors (Lipinski definition) is 5. The molecule has 0 saturated carbocycles. The number of halogens is 1. The third-order valence-electron chi connectivity index (χ3n) is 2.05. The first-order valence-corrected chi connectivity index (χ1v) is 5.41. The second-order valence-electron chi connectivity index (χ2n) is 3.30. The highest BCUT2D eigenvalue weighted by Crippen LogP contribution is 2.15. The Kier molecular flexibility index (Phi) is 5.45. The number of anilines is 1.